The van der Waals surface area contributed by atoms with Crippen LogP contribution < -0.4 is 10.6 Å². The third-order valence-corrected chi connectivity index (χ3v) is 5.08. The fraction of sp³-hybridized carbons (Fsp3) is 0.250. The summed E-state index contributed by atoms with van der Waals surface area (Å²) in [5.74, 6) is 0.150. The van der Waals surface area contributed by atoms with Gasteiger partial charge in [0.1, 0.15) is 5.56 Å². The third kappa shape index (κ3) is 2.84. The number of aromatic nitrogens is 3. The van der Waals surface area contributed by atoms with Crippen LogP contribution in [0.2, 0.25) is 0 Å². The Hall–Kier alpha value is -2.14. The van der Waals surface area contributed by atoms with Crippen molar-refractivity contribution in [3.8, 4) is 11.3 Å². The summed E-state index contributed by atoms with van der Waals surface area (Å²) >= 11 is 0. The van der Waals surface area contributed by atoms with E-state index in [1.54, 1.807) is 13.2 Å². The van der Waals surface area contributed by atoms with Crippen LogP contribution in [0, 0.1) is 0 Å². The van der Waals surface area contributed by atoms with Crippen LogP contribution in [0.15, 0.2) is 30.6 Å². The van der Waals surface area contributed by atoms with Crippen molar-refractivity contribution in [3.63, 3.8) is 0 Å². The van der Waals surface area contributed by atoms with E-state index in [4.69, 9.17) is 0 Å². The predicted octanol–water partition coefficient (Wildman–Crippen LogP) is 4.05. The lowest BCUT2D eigenvalue weighted by atomic mass is 10.1. The van der Waals surface area contributed by atoms with Crippen molar-refractivity contribution in [2.75, 3.05) is 25.7 Å². The zero-order chi connectivity index (χ0) is 17.5. The lowest BCUT2D eigenvalue weighted by molar-refractivity contribution is -0.137. The minimum atomic E-state index is -4.52. The number of para-hydroxylation sites is 1. The quantitative estimate of drug-likeness (QED) is 0.699. The highest BCUT2D eigenvalue weighted by atomic mass is 31.1. The lowest BCUT2D eigenvalue weighted by Gasteiger charge is -2.12. The number of alkyl halides is 3. The zero-order valence-electron chi connectivity index (χ0n) is 13.4. The first-order chi connectivity index (χ1) is 11.3. The van der Waals surface area contributed by atoms with E-state index in [0.29, 0.717) is 5.56 Å². The van der Waals surface area contributed by atoms with Gasteiger partial charge in [-0.3, -0.25) is 0 Å². The molecule has 3 aromatic rings. The van der Waals surface area contributed by atoms with Crippen LogP contribution in [-0.4, -0.2) is 35.3 Å². The third-order valence-electron chi connectivity index (χ3n) is 3.75. The topological polar surface area (TPSA) is 53.6 Å². The van der Waals surface area contributed by atoms with Crippen molar-refractivity contribution in [2.45, 2.75) is 6.18 Å². The molecule has 0 saturated carbocycles. The number of anilines is 1. The maximum absolute atomic E-state index is 13.4. The van der Waals surface area contributed by atoms with E-state index >= 15 is 0 Å². The molecule has 24 heavy (non-hydrogen) atoms. The van der Waals surface area contributed by atoms with Gasteiger partial charge in [0.2, 0.25) is 5.95 Å². The van der Waals surface area contributed by atoms with E-state index < -0.39 is 11.7 Å². The van der Waals surface area contributed by atoms with Crippen LogP contribution in [0.5, 0.6) is 0 Å². The molecule has 2 N–H and O–H groups in total. The summed E-state index contributed by atoms with van der Waals surface area (Å²) in [5.41, 5.74) is 0.320. The van der Waals surface area contributed by atoms with Gasteiger partial charge in [-0.1, -0.05) is 26.1 Å². The first kappa shape index (κ1) is 16.7. The molecule has 0 aliphatic carbocycles. The van der Waals surface area contributed by atoms with Gasteiger partial charge in [0, 0.05) is 30.4 Å². The number of benzene rings is 1. The van der Waals surface area contributed by atoms with Crippen LogP contribution in [0.4, 0.5) is 19.1 Å². The van der Waals surface area contributed by atoms with E-state index in [9.17, 15) is 13.2 Å². The Morgan fingerprint density at radius 2 is 1.96 bits per heavy atom. The standard InChI is InChI=1S/C16H16F3N4P/c1-20-15-22-8-11(16(17,18)19)13(23-15)10-7-21-14-9(10)5-4-6-12(14)24(2)3/h4-8,21H,1-3H3,(H,20,22,23). The lowest BCUT2D eigenvalue weighted by Crippen LogP contribution is -2.11. The van der Waals surface area contributed by atoms with E-state index in [-0.39, 0.29) is 19.6 Å². The summed E-state index contributed by atoms with van der Waals surface area (Å²) in [4.78, 5) is 10.9. The number of fused-ring (bicyclic) bond motifs is 1. The normalized spacial score (nSPS) is 12.1. The highest BCUT2D eigenvalue weighted by Gasteiger charge is 2.36. The Balaban J connectivity index is 2.30. The number of halogens is 3. The molecule has 0 radical (unpaired) electrons. The predicted molar refractivity (Wildman–Crippen MR) is 92.3 cm³/mol. The number of nitrogens with one attached hydrogen (secondary N) is 2. The molecule has 8 heteroatoms. The largest absolute Gasteiger partial charge is 0.419 e. The van der Waals surface area contributed by atoms with Gasteiger partial charge in [-0.25, -0.2) is 9.97 Å². The zero-order valence-corrected chi connectivity index (χ0v) is 14.3. The average Bonchev–Trinajstić information content (AvgIpc) is 2.97. The molecule has 0 amide bonds. The van der Waals surface area contributed by atoms with Crippen molar-refractivity contribution in [2.24, 2.45) is 0 Å². The Labute approximate surface area is 138 Å². The number of rotatable bonds is 3. The second-order valence-corrected chi connectivity index (χ2v) is 7.77. The summed E-state index contributed by atoms with van der Waals surface area (Å²) in [6.45, 7) is 4.21. The Morgan fingerprint density at radius 3 is 2.58 bits per heavy atom. The van der Waals surface area contributed by atoms with Gasteiger partial charge in [-0.15, -0.1) is 0 Å². The summed E-state index contributed by atoms with van der Waals surface area (Å²) < 4.78 is 40.1. The molecule has 0 fully saturated rings. The molecule has 0 bridgehead atoms. The summed E-state index contributed by atoms with van der Waals surface area (Å²) in [6, 6.07) is 5.67. The molecule has 0 saturated heterocycles. The molecular formula is C16H16F3N4P. The monoisotopic (exact) mass is 352 g/mol. The van der Waals surface area contributed by atoms with Gasteiger partial charge in [0.15, 0.2) is 0 Å². The number of hydrogen-bond donors (Lipinski definition) is 2. The molecule has 0 atom stereocenters. The van der Waals surface area contributed by atoms with E-state index in [1.807, 2.05) is 18.2 Å². The molecule has 2 heterocycles. The van der Waals surface area contributed by atoms with Gasteiger partial charge >= 0.3 is 6.18 Å². The maximum Gasteiger partial charge on any atom is 0.419 e. The van der Waals surface area contributed by atoms with Gasteiger partial charge in [0.05, 0.1) is 11.2 Å². The Bertz CT molecular complexity index is 887. The molecule has 0 aliphatic heterocycles. The van der Waals surface area contributed by atoms with Crippen molar-refractivity contribution >= 4 is 30.1 Å². The molecule has 3 rings (SSSR count). The Morgan fingerprint density at radius 1 is 1.21 bits per heavy atom. The van der Waals surface area contributed by atoms with Crippen molar-refractivity contribution in [1.29, 1.82) is 0 Å². The fourth-order valence-corrected chi connectivity index (χ4v) is 3.64. The number of nitrogens with zero attached hydrogens (tertiary/aromatic N) is 2. The Kier molecular flexibility index (Phi) is 4.22. The summed E-state index contributed by atoms with van der Waals surface area (Å²) in [5, 5.41) is 4.54. The van der Waals surface area contributed by atoms with Gasteiger partial charge in [0.25, 0.3) is 0 Å². The van der Waals surface area contributed by atoms with Crippen molar-refractivity contribution in [3.05, 3.63) is 36.2 Å². The first-order valence-corrected chi connectivity index (χ1v) is 9.46. The highest BCUT2D eigenvalue weighted by Crippen LogP contribution is 2.39. The van der Waals surface area contributed by atoms with E-state index in [0.717, 1.165) is 22.4 Å². The average molecular weight is 352 g/mol. The number of H-pyrrole nitrogens is 1. The van der Waals surface area contributed by atoms with Crippen LogP contribution in [-0.2, 0) is 6.18 Å². The summed E-state index contributed by atoms with van der Waals surface area (Å²) in [7, 11) is 1.18. The molecule has 2 aromatic heterocycles. The molecule has 0 spiro atoms. The van der Waals surface area contributed by atoms with Gasteiger partial charge < -0.3 is 10.3 Å². The van der Waals surface area contributed by atoms with Gasteiger partial charge in [-0.05, 0) is 18.6 Å². The first-order valence-electron chi connectivity index (χ1n) is 7.22. The van der Waals surface area contributed by atoms with Crippen LogP contribution in [0.25, 0.3) is 22.2 Å². The molecule has 0 unspecified atom stereocenters. The van der Waals surface area contributed by atoms with Crippen LogP contribution >= 0.6 is 7.92 Å². The fourth-order valence-electron chi connectivity index (χ4n) is 2.62. The molecule has 126 valence electrons. The van der Waals surface area contributed by atoms with E-state index in [1.165, 1.54) is 0 Å². The van der Waals surface area contributed by atoms with Crippen LogP contribution in [0.3, 0.4) is 0 Å². The smallest absolute Gasteiger partial charge is 0.360 e. The molecule has 4 nitrogen and oxygen atoms in total. The van der Waals surface area contributed by atoms with Gasteiger partial charge in [-0.2, -0.15) is 13.2 Å². The molecular weight excluding hydrogens is 336 g/mol. The second-order valence-electron chi connectivity index (χ2n) is 5.50. The molecule has 1 aromatic carbocycles. The second kappa shape index (κ2) is 6.06. The number of aromatic amines is 1. The van der Waals surface area contributed by atoms with E-state index in [2.05, 4.69) is 33.6 Å². The maximum atomic E-state index is 13.4. The SMILES string of the molecule is CNc1ncc(C(F)(F)F)c(-c2c[nH]c3c(P(C)C)cccc23)n1. The minimum absolute atomic E-state index is 0.123. The van der Waals surface area contributed by atoms with Crippen LogP contribution in [0.1, 0.15) is 5.56 Å². The highest BCUT2D eigenvalue weighted by molar-refractivity contribution is 7.64. The minimum Gasteiger partial charge on any atom is -0.360 e. The summed E-state index contributed by atoms with van der Waals surface area (Å²) in [6.07, 6.45) is -2.11. The van der Waals surface area contributed by atoms with Crippen molar-refractivity contribution in [1.82, 2.24) is 15.0 Å². The van der Waals surface area contributed by atoms with Crippen molar-refractivity contribution < 1.29 is 13.2 Å². The number of hydrogen-bond acceptors (Lipinski definition) is 3. The molecule has 0 aliphatic rings.